The van der Waals surface area contributed by atoms with Crippen LogP contribution in [0.5, 0.6) is 0 Å². The van der Waals surface area contributed by atoms with Crippen LogP contribution in [0.3, 0.4) is 0 Å². The Balaban J connectivity index is 1.48. The van der Waals surface area contributed by atoms with Crippen molar-refractivity contribution in [2.45, 2.75) is 44.7 Å². The summed E-state index contributed by atoms with van der Waals surface area (Å²) >= 11 is 0. The second-order valence-electron chi connectivity index (χ2n) is 9.43. The second-order valence-corrected chi connectivity index (χ2v) is 9.43. The molecule has 0 saturated carbocycles. The van der Waals surface area contributed by atoms with Gasteiger partial charge in [-0.3, -0.25) is 14.6 Å². The molecule has 202 valence electrons. The second kappa shape index (κ2) is 15.2. The van der Waals surface area contributed by atoms with Gasteiger partial charge in [0.15, 0.2) is 0 Å². The van der Waals surface area contributed by atoms with Crippen molar-refractivity contribution >= 4 is 17.7 Å². The number of carbonyl (C=O) groups excluding carboxylic acids is 1. The number of carboxylic acid groups (broad SMARTS) is 1. The fourth-order valence-corrected chi connectivity index (χ4v) is 4.42. The third kappa shape index (κ3) is 9.70. The molecule has 0 spiro atoms. The van der Waals surface area contributed by atoms with Crippen molar-refractivity contribution in [2.24, 2.45) is 5.92 Å². The van der Waals surface area contributed by atoms with Gasteiger partial charge in [0.25, 0.3) is 5.91 Å². The predicted octanol–water partition coefficient (Wildman–Crippen LogP) is 2.96. The van der Waals surface area contributed by atoms with Gasteiger partial charge in [0, 0.05) is 44.8 Å². The number of aromatic nitrogens is 2. The first kappa shape index (κ1) is 28.5. The Labute approximate surface area is 217 Å². The minimum atomic E-state index is -1.16. The SMILES string of the molecule is COC[C@@H](F)CN(CCCCc1ccc2c(n1)NCCC2)CCC(CNC(=O)c1cccnc1)C(=O)O. The first-order valence-electron chi connectivity index (χ1n) is 12.9. The van der Waals surface area contributed by atoms with Crippen LogP contribution in [0.25, 0.3) is 0 Å². The maximum absolute atomic E-state index is 14.3. The van der Waals surface area contributed by atoms with Crippen molar-refractivity contribution in [1.82, 2.24) is 20.2 Å². The van der Waals surface area contributed by atoms with Gasteiger partial charge in [-0.25, -0.2) is 9.37 Å². The first-order chi connectivity index (χ1) is 18.0. The molecule has 0 aliphatic carbocycles. The van der Waals surface area contributed by atoms with Gasteiger partial charge in [-0.15, -0.1) is 0 Å². The number of ether oxygens (including phenoxy) is 1. The Bertz CT molecular complexity index is 994. The van der Waals surface area contributed by atoms with Gasteiger partial charge in [-0.05, 0) is 75.4 Å². The summed E-state index contributed by atoms with van der Waals surface area (Å²) in [7, 11) is 1.46. The molecule has 0 bridgehead atoms. The number of amides is 1. The van der Waals surface area contributed by atoms with E-state index in [2.05, 4.69) is 27.8 Å². The number of alkyl halides is 1. The molecule has 3 rings (SSSR count). The minimum absolute atomic E-state index is 0.00786. The van der Waals surface area contributed by atoms with Crippen LogP contribution in [0, 0.1) is 5.92 Å². The van der Waals surface area contributed by atoms with Crippen LogP contribution in [0.2, 0.25) is 0 Å². The van der Waals surface area contributed by atoms with Gasteiger partial charge >= 0.3 is 5.97 Å². The number of nitrogens with zero attached hydrogens (tertiary/aromatic N) is 3. The van der Waals surface area contributed by atoms with Crippen molar-refractivity contribution < 1.29 is 23.8 Å². The number of unbranched alkanes of at least 4 members (excludes halogenated alkanes) is 1. The Morgan fingerprint density at radius 1 is 1.27 bits per heavy atom. The average molecular weight is 516 g/mol. The number of anilines is 1. The van der Waals surface area contributed by atoms with Crippen molar-refractivity contribution in [3.8, 4) is 0 Å². The molecule has 37 heavy (non-hydrogen) atoms. The molecule has 2 atom stereocenters. The van der Waals surface area contributed by atoms with Gasteiger partial charge < -0.3 is 25.4 Å². The lowest BCUT2D eigenvalue weighted by molar-refractivity contribution is -0.141. The van der Waals surface area contributed by atoms with E-state index in [9.17, 15) is 19.1 Å². The summed E-state index contributed by atoms with van der Waals surface area (Å²) in [5.41, 5.74) is 2.67. The molecule has 0 saturated heterocycles. The zero-order chi connectivity index (χ0) is 26.5. The van der Waals surface area contributed by atoms with Crippen LogP contribution >= 0.6 is 0 Å². The number of aliphatic carboxylic acids is 1. The maximum atomic E-state index is 14.3. The van der Waals surface area contributed by atoms with E-state index in [0.29, 0.717) is 25.1 Å². The largest absolute Gasteiger partial charge is 0.481 e. The van der Waals surface area contributed by atoms with E-state index in [1.54, 1.807) is 18.3 Å². The van der Waals surface area contributed by atoms with E-state index < -0.39 is 18.1 Å². The number of nitrogens with one attached hydrogen (secondary N) is 2. The van der Waals surface area contributed by atoms with Gasteiger partial charge in [-0.1, -0.05) is 6.07 Å². The number of halogens is 1. The monoisotopic (exact) mass is 515 g/mol. The fraction of sp³-hybridized carbons (Fsp3) is 0.556. The lowest BCUT2D eigenvalue weighted by Crippen LogP contribution is -2.38. The van der Waals surface area contributed by atoms with Crippen molar-refractivity contribution in [3.05, 3.63) is 53.5 Å². The maximum Gasteiger partial charge on any atom is 0.308 e. The molecule has 10 heteroatoms. The number of carboxylic acids is 1. The lowest BCUT2D eigenvalue weighted by atomic mass is 10.0. The summed E-state index contributed by atoms with van der Waals surface area (Å²) in [6, 6.07) is 7.49. The molecule has 1 aliphatic heterocycles. The molecule has 1 aliphatic rings. The summed E-state index contributed by atoms with van der Waals surface area (Å²) in [5.74, 6) is -1.16. The number of hydrogen-bond acceptors (Lipinski definition) is 7. The van der Waals surface area contributed by atoms with Crippen LogP contribution < -0.4 is 10.6 Å². The Morgan fingerprint density at radius 3 is 2.89 bits per heavy atom. The number of fused-ring (bicyclic) bond motifs is 1. The van der Waals surface area contributed by atoms with Crippen molar-refractivity contribution in [3.63, 3.8) is 0 Å². The molecule has 9 nitrogen and oxygen atoms in total. The highest BCUT2D eigenvalue weighted by atomic mass is 19.1. The molecule has 3 N–H and O–H groups in total. The summed E-state index contributed by atoms with van der Waals surface area (Å²) in [6.45, 7) is 2.16. The highest BCUT2D eigenvalue weighted by Gasteiger charge is 2.21. The van der Waals surface area contributed by atoms with E-state index in [1.165, 1.54) is 18.9 Å². The van der Waals surface area contributed by atoms with E-state index in [0.717, 1.165) is 50.2 Å². The molecular weight excluding hydrogens is 477 g/mol. The number of pyridine rings is 2. The normalized spacial score (nSPS) is 14.5. The zero-order valence-electron chi connectivity index (χ0n) is 21.5. The van der Waals surface area contributed by atoms with Crippen molar-refractivity contribution in [2.75, 3.05) is 51.8 Å². The molecule has 0 fully saturated rings. The summed E-state index contributed by atoms with van der Waals surface area (Å²) < 4.78 is 19.3. The number of rotatable bonds is 16. The zero-order valence-corrected chi connectivity index (χ0v) is 21.5. The van der Waals surface area contributed by atoms with E-state index in [-0.39, 0.29) is 25.6 Å². The van der Waals surface area contributed by atoms with Gasteiger partial charge in [-0.2, -0.15) is 0 Å². The standard InChI is InChI=1S/C27H38FN5O4/c1-37-19-23(28)18-33(14-3-2-8-24-10-9-20-6-5-13-30-25(20)32-24)15-11-22(27(35)36)17-31-26(34)21-7-4-12-29-16-21/h4,7,9-10,12,16,22-23H,2-3,5-6,8,11,13-15,17-19H2,1H3,(H,30,32)(H,31,34)(H,35,36)/t22?,23-/m0/s1. The molecule has 2 aromatic heterocycles. The minimum Gasteiger partial charge on any atom is -0.481 e. The number of aryl methyl sites for hydroxylation is 2. The highest BCUT2D eigenvalue weighted by Crippen LogP contribution is 2.20. The van der Waals surface area contributed by atoms with Crippen LogP contribution in [-0.4, -0.2) is 84.5 Å². The average Bonchev–Trinajstić information content (AvgIpc) is 2.91. The third-order valence-electron chi connectivity index (χ3n) is 6.49. The Hall–Kier alpha value is -3.11. The van der Waals surface area contributed by atoms with Gasteiger partial charge in [0.1, 0.15) is 12.0 Å². The van der Waals surface area contributed by atoms with Crippen molar-refractivity contribution in [1.29, 1.82) is 0 Å². The fourth-order valence-electron chi connectivity index (χ4n) is 4.42. The number of methoxy groups -OCH3 is 1. The van der Waals surface area contributed by atoms with Gasteiger partial charge in [0.05, 0.1) is 18.1 Å². The van der Waals surface area contributed by atoms with Gasteiger partial charge in [0.2, 0.25) is 0 Å². The van der Waals surface area contributed by atoms with Crippen LogP contribution in [0.4, 0.5) is 10.2 Å². The third-order valence-corrected chi connectivity index (χ3v) is 6.49. The lowest BCUT2D eigenvalue weighted by Gasteiger charge is -2.25. The number of hydrogen-bond donors (Lipinski definition) is 3. The molecule has 2 aromatic rings. The molecule has 1 unspecified atom stereocenters. The smallest absolute Gasteiger partial charge is 0.308 e. The summed E-state index contributed by atoms with van der Waals surface area (Å²) in [4.78, 5) is 34.7. The quantitative estimate of drug-likeness (QED) is 0.292. The van der Waals surface area contributed by atoms with E-state index in [1.807, 2.05) is 4.90 Å². The molecule has 1 amide bonds. The molecular formula is C27H38FN5O4. The highest BCUT2D eigenvalue weighted by molar-refractivity contribution is 5.94. The molecule has 0 radical (unpaired) electrons. The van der Waals surface area contributed by atoms with Crippen LogP contribution in [0.15, 0.2) is 36.7 Å². The van der Waals surface area contributed by atoms with E-state index in [4.69, 9.17) is 9.72 Å². The van der Waals surface area contributed by atoms with E-state index >= 15 is 0 Å². The number of carbonyl (C=O) groups is 2. The molecule has 0 aromatic carbocycles. The molecule has 3 heterocycles. The first-order valence-corrected chi connectivity index (χ1v) is 12.9. The van der Waals surface area contributed by atoms with Crippen LogP contribution in [-0.2, 0) is 22.4 Å². The topological polar surface area (TPSA) is 117 Å². The predicted molar refractivity (Wildman–Crippen MR) is 140 cm³/mol. The Morgan fingerprint density at radius 2 is 2.14 bits per heavy atom. The summed E-state index contributed by atoms with van der Waals surface area (Å²) in [5, 5.41) is 15.7. The Kier molecular flexibility index (Phi) is 11.7. The summed E-state index contributed by atoms with van der Waals surface area (Å²) in [6.07, 6.45) is 6.87. The van der Waals surface area contributed by atoms with Crippen LogP contribution in [0.1, 0.15) is 47.3 Å².